The quantitative estimate of drug-likeness (QED) is 0.161. The Balaban J connectivity index is 1.90. The summed E-state index contributed by atoms with van der Waals surface area (Å²) in [5.74, 6) is -8.47. The third kappa shape index (κ3) is 3.40. The Morgan fingerprint density at radius 1 is 0.378 bits per heavy atom. The number of fused-ring (bicyclic) bond motifs is 3. The van der Waals surface area contributed by atoms with Crippen LogP contribution in [-0.4, -0.2) is 0 Å². The molecule has 0 unspecified atom stereocenters. The summed E-state index contributed by atoms with van der Waals surface area (Å²) < 4.78 is 94.7. The molecule has 0 radical (unpaired) electrons. The average Bonchev–Trinajstić information content (AvgIpc) is 3.30. The van der Waals surface area contributed by atoms with Crippen molar-refractivity contribution in [2.24, 2.45) is 0 Å². The molecule has 0 N–H and O–H groups in total. The van der Waals surface area contributed by atoms with Crippen molar-refractivity contribution in [1.82, 2.24) is 0 Å². The lowest BCUT2D eigenvalue weighted by molar-refractivity contribution is 0.505. The van der Waals surface area contributed by atoms with Crippen LogP contribution in [0.15, 0.2) is 91.0 Å². The summed E-state index contributed by atoms with van der Waals surface area (Å²) in [4.78, 5) is 0. The fraction of sp³-hybridized carbons (Fsp3) is 0. The molecule has 0 atom stereocenters. The van der Waals surface area contributed by atoms with Gasteiger partial charge in [-0.2, -0.15) is 0 Å². The first kappa shape index (κ1) is 23.4. The van der Waals surface area contributed by atoms with Crippen molar-refractivity contribution in [2.45, 2.75) is 0 Å². The van der Waals surface area contributed by atoms with E-state index in [0.29, 0.717) is 5.30 Å². The maximum absolute atomic E-state index is 16.3. The monoisotopic (exact) mass is 520 g/mol. The Hall–Kier alpha value is -4.02. The molecule has 182 valence electrons. The third-order valence-corrected chi connectivity index (χ3v) is 8.98. The zero-order valence-electron chi connectivity index (χ0n) is 18.9. The van der Waals surface area contributed by atoms with Gasteiger partial charge < -0.3 is 0 Å². The van der Waals surface area contributed by atoms with Crippen molar-refractivity contribution in [3.05, 3.63) is 126 Å². The molecule has 0 fully saturated rings. The van der Waals surface area contributed by atoms with Crippen LogP contribution in [0.25, 0.3) is 48.6 Å². The molecule has 7 heteroatoms. The van der Waals surface area contributed by atoms with E-state index in [2.05, 4.69) is 0 Å². The van der Waals surface area contributed by atoms with Crippen molar-refractivity contribution in [3.8, 4) is 27.6 Å². The second-order valence-electron chi connectivity index (χ2n) is 8.48. The first-order chi connectivity index (χ1) is 17.9. The van der Waals surface area contributed by atoms with E-state index >= 15 is 26.3 Å². The number of benzene rings is 5. The SMILES string of the molecule is Fc1c(-c2ccccc2)c(F)c2c(c1F)c1c(F)c(F)c(-c3ccccc3)c(F)c1p2-c1ccccc1. The van der Waals surface area contributed by atoms with Crippen molar-refractivity contribution >= 4 is 28.5 Å². The Kier molecular flexibility index (Phi) is 5.58. The van der Waals surface area contributed by atoms with E-state index in [9.17, 15) is 0 Å². The normalized spacial score (nSPS) is 11.5. The highest BCUT2D eigenvalue weighted by atomic mass is 31.1. The summed E-state index contributed by atoms with van der Waals surface area (Å²) >= 11 is 0. The second-order valence-corrected chi connectivity index (χ2v) is 10.6. The maximum Gasteiger partial charge on any atom is 0.170 e. The van der Waals surface area contributed by atoms with Gasteiger partial charge in [-0.25, -0.2) is 26.3 Å². The lowest BCUT2D eigenvalue weighted by atomic mass is 9.99. The van der Waals surface area contributed by atoms with Gasteiger partial charge in [0, 0.05) is 21.0 Å². The lowest BCUT2D eigenvalue weighted by Crippen LogP contribution is -1.98. The molecule has 0 saturated heterocycles. The molecule has 0 aliphatic rings. The zero-order valence-corrected chi connectivity index (χ0v) is 19.8. The van der Waals surface area contributed by atoms with Crippen LogP contribution in [-0.2, 0) is 0 Å². The van der Waals surface area contributed by atoms with Gasteiger partial charge in [0.25, 0.3) is 0 Å². The molecular formula is C30H15F6P. The predicted octanol–water partition coefficient (Wildman–Crippen LogP) is 10.1. The average molecular weight is 520 g/mol. The van der Waals surface area contributed by atoms with Gasteiger partial charge in [0.2, 0.25) is 0 Å². The number of halogens is 6. The molecule has 37 heavy (non-hydrogen) atoms. The Bertz CT molecular complexity index is 1700. The van der Waals surface area contributed by atoms with Crippen LogP contribution in [0.5, 0.6) is 0 Å². The van der Waals surface area contributed by atoms with Crippen molar-refractivity contribution in [3.63, 3.8) is 0 Å². The number of hydrogen-bond donors (Lipinski definition) is 0. The molecule has 0 spiro atoms. The molecule has 6 rings (SSSR count). The van der Waals surface area contributed by atoms with E-state index in [1.165, 1.54) is 48.5 Å². The lowest BCUT2D eigenvalue weighted by Gasteiger charge is -2.11. The highest BCUT2D eigenvalue weighted by Crippen LogP contribution is 2.60. The van der Waals surface area contributed by atoms with Crippen LogP contribution in [0.4, 0.5) is 26.3 Å². The van der Waals surface area contributed by atoms with Crippen LogP contribution < -0.4 is 0 Å². The molecule has 6 aromatic rings. The van der Waals surface area contributed by atoms with E-state index in [4.69, 9.17) is 0 Å². The summed E-state index contributed by atoms with van der Waals surface area (Å²) in [5, 5.41) is -1.94. The summed E-state index contributed by atoms with van der Waals surface area (Å²) in [6.45, 7) is 0. The fourth-order valence-electron chi connectivity index (χ4n) is 4.84. The first-order valence-corrected chi connectivity index (χ1v) is 12.6. The molecule has 0 nitrogen and oxygen atoms in total. The highest BCUT2D eigenvalue weighted by Gasteiger charge is 2.33. The van der Waals surface area contributed by atoms with Crippen molar-refractivity contribution in [2.75, 3.05) is 0 Å². The van der Waals surface area contributed by atoms with Gasteiger partial charge in [0.05, 0.1) is 11.1 Å². The van der Waals surface area contributed by atoms with E-state index in [-0.39, 0.29) is 21.4 Å². The molecular weight excluding hydrogens is 505 g/mol. The smallest absolute Gasteiger partial charge is 0.170 e. The van der Waals surface area contributed by atoms with Crippen LogP contribution in [0.3, 0.4) is 0 Å². The minimum Gasteiger partial charge on any atom is -0.205 e. The summed E-state index contributed by atoms with van der Waals surface area (Å²) in [6.07, 6.45) is 0. The zero-order chi connectivity index (χ0) is 25.8. The van der Waals surface area contributed by atoms with E-state index in [1.54, 1.807) is 42.5 Å². The van der Waals surface area contributed by atoms with Crippen LogP contribution in [0.2, 0.25) is 0 Å². The highest BCUT2D eigenvalue weighted by molar-refractivity contribution is 7.68. The van der Waals surface area contributed by atoms with E-state index < -0.39 is 64.3 Å². The molecule has 1 heterocycles. The van der Waals surface area contributed by atoms with Gasteiger partial charge in [-0.1, -0.05) is 98.5 Å². The van der Waals surface area contributed by atoms with Gasteiger partial charge in [-0.15, -0.1) is 0 Å². The predicted molar refractivity (Wildman–Crippen MR) is 136 cm³/mol. The van der Waals surface area contributed by atoms with Gasteiger partial charge in [-0.3, -0.25) is 0 Å². The molecule has 1 aromatic heterocycles. The van der Waals surface area contributed by atoms with Crippen LogP contribution in [0.1, 0.15) is 0 Å². The largest absolute Gasteiger partial charge is 0.205 e. The third-order valence-electron chi connectivity index (χ3n) is 6.43. The van der Waals surface area contributed by atoms with Gasteiger partial charge in [0.15, 0.2) is 23.3 Å². The molecule has 0 saturated carbocycles. The van der Waals surface area contributed by atoms with E-state index in [0.717, 1.165) is 0 Å². The summed E-state index contributed by atoms with van der Waals surface area (Å²) in [7, 11) is -2.25. The topological polar surface area (TPSA) is 0 Å². The van der Waals surface area contributed by atoms with Gasteiger partial charge in [0.1, 0.15) is 11.6 Å². The van der Waals surface area contributed by atoms with Crippen molar-refractivity contribution < 1.29 is 26.3 Å². The standard InChI is InChI=1S/C30H15F6P/c31-23-19(16-10-4-1-5-11-16)27(35)29-21(25(23)33)22-26(34)24(32)20(17-12-6-2-7-13-17)28(36)30(22)37(29)18-14-8-3-9-15-18/h1-15H. The maximum atomic E-state index is 16.3. The molecule has 0 aliphatic carbocycles. The molecule has 0 aliphatic heterocycles. The number of rotatable bonds is 3. The summed E-state index contributed by atoms with van der Waals surface area (Å²) in [6, 6.07) is 23.2. The fourth-order valence-corrected chi connectivity index (χ4v) is 7.53. The van der Waals surface area contributed by atoms with Crippen LogP contribution in [0, 0.1) is 34.9 Å². The van der Waals surface area contributed by atoms with Crippen LogP contribution >= 0.6 is 7.53 Å². The first-order valence-electron chi connectivity index (χ1n) is 11.3. The second kappa shape index (κ2) is 8.82. The minimum absolute atomic E-state index is 0.0651. The summed E-state index contributed by atoms with van der Waals surface area (Å²) in [5.41, 5.74) is -1.15. The Morgan fingerprint density at radius 3 is 1.11 bits per heavy atom. The van der Waals surface area contributed by atoms with Crippen molar-refractivity contribution in [1.29, 1.82) is 0 Å². The number of hydrogen-bond acceptors (Lipinski definition) is 0. The Morgan fingerprint density at radius 2 is 0.730 bits per heavy atom. The molecule has 0 bridgehead atoms. The van der Waals surface area contributed by atoms with E-state index in [1.807, 2.05) is 0 Å². The minimum atomic E-state index is -2.25. The Labute approximate surface area is 208 Å². The van der Waals surface area contributed by atoms with Gasteiger partial charge in [-0.05, 0) is 16.4 Å². The molecule has 5 aromatic carbocycles. The van der Waals surface area contributed by atoms with Gasteiger partial charge >= 0.3 is 0 Å². The molecule has 0 amide bonds.